The maximum absolute atomic E-state index is 12.3. The maximum atomic E-state index is 12.3. The molecule has 1 aliphatic heterocycles. The SMILES string of the molecule is O=C(NS(=O)(=O)c1ccccc1)C1C(=O)Oc2ccccc2C1=O. The number of para-hydroxylation sites is 1. The van der Waals surface area contributed by atoms with Crippen LogP contribution < -0.4 is 9.46 Å². The number of rotatable bonds is 3. The van der Waals surface area contributed by atoms with Gasteiger partial charge in [0.1, 0.15) is 5.75 Å². The van der Waals surface area contributed by atoms with Gasteiger partial charge in [-0.1, -0.05) is 30.3 Å². The number of carbonyl (C=O) groups is 3. The molecule has 122 valence electrons. The number of nitrogens with one attached hydrogen (secondary N) is 1. The van der Waals surface area contributed by atoms with Crippen LogP contribution in [0.4, 0.5) is 0 Å². The second-order valence-electron chi connectivity index (χ2n) is 5.00. The highest BCUT2D eigenvalue weighted by molar-refractivity contribution is 7.90. The average Bonchev–Trinajstić information content (AvgIpc) is 2.55. The summed E-state index contributed by atoms with van der Waals surface area (Å²) >= 11 is 0. The van der Waals surface area contributed by atoms with Gasteiger partial charge in [-0.15, -0.1) is 0 Å². The molecule has 0 saturated carbocycles. The van der Waals surface area contributed by atoms with Crippen molar-refractivity contribution >= 4 is 27.7 Å². The van der Waals surface area contributed by atoms with Crippen molar-refractivity contribution in [1.29, 1.82) is 0 Å². The first kappa shape index (κ1) is 15.9. The van der Waals surface area contributed by atoms with Crippen LogP contribution in [0.15, 0.2) is 59.5 Å². The second kappa shape index (κ2) is 5.89. The van der Waals surface area contributed by atoms with Gasteiger partial charge in [-0.3, -0.25) is 14.4 Å². The van der Waals surface area contributed by atoms with Crippen molar-refractivity contribution in [3.05, 3.63) is 60.2 Å². The number of carbonyl (C=O) groups excluding carboxylic acids is 3. The summed E-state index contributed by atoms with van der Waals surface area (Å²) in [5.41, 5.74) is 0.0503. The van der Waals surface area contributed by atoms with E-state index in [1.807, 2.05) is 0 Å². The molecule has 0 bridgehead atoms. The number of fused-ring (bicyclic) bond motifs is 1. The Labute approximate surface area is 137 Å². The Balaban J connectivity index is 1.88. The highest BCUT2D eigenvalue weighted by Gasteiger charge is 2.43. The number of Topliss-reactive ketones (excluding diaryl/α,β-unsaturated/α-hetero) is 1. The van der Waals surface area contributed by atoms with E-state index in [2.05, 4.69) is 0 Å². The molecule has 8 heteroatoms. The highest BCUT2D eigenvalue weighted by Crippen LogP contribution is 2.28. The van der Waals surface area contributed by atoms with Crippen molar-refractivity contribution in [3.63, 3.8) is 0 Å². The molecule has 3 rings (SSSR count). The predicted molar refractivity (Wildman–Crippen MR) is 81.7 cm³/mol. The standard InChI is InChI=1S/C16H11NO6S/c18-14-11-8-4-5-9-12(11)23-16(20)13(14)15(19)17-24(21,22)10-6-2-1-3-7-10/h1-9,13H,(H,17,19). The third kappa shape index (κ3) is 2.79. The van der Waals surface area contributed by atoms with Gasteiger partial charge in [-0.25, -0.2) is 13.1 Å². The van der Waals surface area contributed by atoms with Crippen molar-refractivity contribution in [1.82, 2.24) is 4.72 Å². The molecule has 1 heterocycles. The molecule has 0 aliphatic carbocycles. The number of ether oxygens (including phenoxy) is 1. The Hall–Kier alpha value is -3.00. The average molecular weight is 345 g/mol. The first-order chi connectivity index (χ1) is 11.4. The molecular formula is C16H11NO6S. The number of esters is 1. The molecule has 1 N–H and O–H groups in total. The van der Waals surface area contributed by atoms with Crippen molar-refractivity contribution in [2.75, 3.05) is 0 Å². The fourth-order valence-corrected chi connectivity index (χ4v) is 3.28. The zero-order valence-electron chi connectivity index (χ0n) is 12.1. The Morgan fingerprint density at radius 1 is 0.958 bits per heavy atom. The van der Waals surface area contributed by atoms with E-state index in [-0.39, 0.29) is 16.2 Å². The van der Waals surface area contributed by atoms with E-state index in [1.54, 1.807) is 22.9 Å². The van der Waals surface area contributed by atoms with E-state index in [1.165, 1.54) is 36.4 Å². The Bertz CT molecular complexity index is 936. The van der Waals surface area contributed by atoms with Crippen LogP contribution in [0.2, 0.25) is 0 Å². The van der Waals surface area contributed by atoms with Crippen LogP contribution in [0.1, 0.15) is 10.4 Å². The molecule has 0 spiro atoms. The quantitative estimate of drug-likeness (QED) is 0.503. The number of amides is 1. The molecule has 0 fully saturated rings. The summed E-state index contributed by atoms with van der Waals surface area (Å²) in [6.45, 7) is 0. The van der Waals surface area contributed by atoms with Crippen LogP contribution in [0, 0.1) is 5.92 Å². The molecular weight excluding hydrogens is 334 g/mol. The fraction of sp³-hybridized carbons (Fsp3) is 0.0625. The van der Waals surface area contributed by atoms with Crippen LogP contribution in [0.3, 0.4) is 0 Å². The normalized spacial score (nSPS) is 16.9. The van der Waals surface area contributed by atoms with Crippen LogP contribution in [-0.4, -0.2) is 26.1 Å². The smallest absolute Gasteiger partial charge is 0.332 e. The van der Waals surface area contributed by atoms with Crippen molar-refractivity contribution in [3.8, 4) is 5.75 Å². The third-order valence-electron chi connectivity index (χ3n) is 3.41. The van der Waals surface area contributed by atoms with Gasteiger partial charge >= 0.3 is 5.97 Å². The number of benzene rings is 2. The number of sulfonamides is 1. The lowest BCUT2D eigenvalue weighted by atomic mass is 9.94. The molecule has 2 aromatic rings. The van der Waals surface area contributed by atoms with Gasteiger partial charge in [0, 0.05) is 0 Å². The van der Waals surface area contributed by atoms with Crippen molar-refractivity contribution in [2.24, 2.45) is 5.92 Å². The topological polar surface area (TPSA) is 107 Å². The molecule has 0 saturated heterocycles. The van der Waals surface area contributed by atoms with Gasteiger partial charge in [-0.2, -0.15) is 0 Å². The molecule has 0 radical (unpaired) electrons. The minimum atomic E-state index is -4.19. The van der Waals surface area contributed by atoms with Crippen molar-refractivity contribution < 1.29 is 27.5 Å². The molecule has 1 aliphatic rings. The summed E-state index contributed by atoms with van der Waals surface area (Å²) in [5.74, 6) is -4.98. The summed E-state index contributed by atoms with van der Waals surface area (Å²) in [4.78, 5) is 36.3. The van der Waals surface area contributed by atoms with Gasteiger partial charge in [0.15, 0.2) is 11.7 Å². The van der Waals surface area contributed by atoms with Gasteiger partial charge in [-0.05, 0) is 24.3 Å². The molecule has 0 aromatic heterocycles. The van der Waals surface area contributed by atoms with Crippen LogP contribution in [-0.2, 0) is 19.6 Å². The first-order valence-corrected chi connectivity index (χ1v) is 8.35. The Morgan fingerprint density at radius 3 is 2.29 bits per heavy atom. The van der Waals surface area contributed by atoms with E-state index in [0.29, 0.717) is 0 Å². The van der Waals surface area contributed by atoms with Gasteiger partial charge in [0.2, 0.25) is 0 Å². The lowest BCUT2D eigenvalue weighted by molar-refractivity contribution is -0.142. The van der Waals surface area contributed by atoms with Crippen LogP contribution >= 0.6 is 0 Å². The summed E-state index contributed by atoms with van der Waals surface area (Å²) in [6.07, 6.45) is 0. The van der Waals surface area contributed by atoms with Gasteiger partial charge in [0.25, 0.3) is 15.9 Å². The minimum absolute atomic E-state index is 0.0440. The van der Waals surface area contributed by atoms with Gasteiger partial charge < -0.3 is 4.74 Å². The highest BCUT2D eigenvalue weighted by atomic mass is 32.2. The number of hydrogen-bond acceptors (Lipinski definition) is 6. The largest absolute Gasteiger partial charge is 0.425 e. The summed E-state index contributed by atoms with van der Waals surface area (Å²) < 4.78 is 31.0. The fourth-order valence-electron chi connectivity index (χ4n) is 2.27. The third-order valence-corrected chi connectivity index (χ3v) is 4.77. The van der Waals surface area contributed by atoms with Crippen LogP contribution in [0.25, 0.3) is 0 Å². The summed E-state index contributed by atoms with van der Waals surface area (Å²) in [6, 6.07) is 13.1. The Morgan fingerprint density at radius 2 is 1.58 bits per heavy atom. The molecule has 1 atom stereocenters. The van der Waals surface area contributed by atoms with E-state index in [0.717, 1.165) is 0 Å². The van der Waals surface area contributed by atoms with E-state index < -0.39 is 33.6 Å². The zero-order valence-corrected chi connectivity index (χ0v) is 12.9. The lowest BCUT2D eigenvalue weighted by Gasteiger charge is -2.21. The molecule has 24 heavy (non-hydrogen) atoms. The van der Waals surface area contributed by atoms with E-state index in [4.69, 9.17) is 4.74 Å². The zero-order chi connectivity index (χ0) is 17.3. The maximum Gasteiger partial charge on any atom is 0.332 e. The van der Waals surface area contributed by atoms with E-state index in [9.17, 15) is 22.8 Å². The molecule has 1 amide bonds. The first-order valence-electron chi connectivity index (χ1n) is 6.87. The molecule has 7 nitrogen and oxygen atoms in total. The summed E-state index contributed by atoms with van der Waals surface area (Å²) in [5, 5.41) is 0. The minimum Gasteiger partial charge on any atom is -0.425 e. The van der Waals surface area contributed by atoms with Crippen LogP contribution in [0.5, 0.6) is 5.75 Å². The predicted octanol–water partition coefficient (Wildman–Crippen LogP) is 0.910. The lowest BCUT2D eigenvalue weighted by Crippen LogP contribution is -2.46. The summed E-state index contributed by atoms with van der Waals surface area (Å²) in [7, 11) is -4.19. The number of hydrogen-bond donors (Lipinski definition) is 1. The number of ketones is 1. The molecule has 2 aromatic carbocycles. The van der Waals surface area contributed by atoms with Gasteiger partial charge in [0.05, 0.1) is 10.5 Å². The molecule has 1 unspecified atom stereocenters. The monoisotopic (exact) mass is 345 g/mol. The van der Waals surface area contributed by atoms with E-state index >= 15 is 0 Å². The second-order valence-corrected chi connectivity index (χ2v) is 6.68. The van der Waals surface area contributed by atoms with Crippen molar-refractivity contribution in [2.45, 2.75) is 4.90 Å². The Kier molecular flexibility index (Phi) is 3.90.